The highest BCUT2D eigenvalue weighted by molar-refractivity contribution is 7.98. The molecule has 1 unspecified atom stereocenters. The molecule has 4 rings (SSSR count). The van der Waals surface area contributed by atoms with Gasteiger partial charge in [-0.2, -0.15) is 22.1 Å². The van der Waals surface area contributed by atoms with E-state index in [1.54, 1.807) is 18.1 Å². The number of aromatic nitrogens is 5. The highest BCUT2D eigenvalue weighted by Crippen LogP contribution is 2.36. The third-order valence-corrected chi connectivity index (χ3v) is 6.25. The Balaban J connectivity index is 1.59. The van der Waals surface area contributed by atoms with E-state index in [1.807, 2.05) is 33.9 Å². The molecule has 0 radical (unpaired) electrons. The minimum Gasteiger partial charge on any atom is -0.360 e. The zero-order chi connectivity index (χ0) is 20.1. The highest BCUT2D eigenvalue weighted by Gasteiger charge is 2.27. The van der Waals surface area contributed by atoms with E-state index >= 15 is 0 Å². The van der Waals surface area contributed by atoms with Crippen LogP contribution < -0.4 is 0 Å². The molecule has 0 spiro atoms. The standard InChI is InChI=1S/C21H26N6OS/c1-29-11-10-28-15-26-9-7-18-20(23-14-24-21(18)26)17-12-25-27(13-17)19(6-8-22)16-4-2-3-5-16/h7,9,12-14,16,19H,2-6,10-11,15H2,1H3. The number of thioether (sulfide) groups is 1. The lowest BCUT2D eigenvalue weighted by Crippen LogP contribution is -2.17. The SMILES string of the molecule is CSCCOCn1ccc2c(-c3cnn(C(CC#N)C4CCCC4)c3)ncnc21. The van der Waals surface area contributed by atoms with Gasteiger partial charge in [0.05, 0.1) is 37.0 Å². The second kappa shape index (κ2) is 9.42. The van der Waals surface area contributed by atoms with Gasteiger partial charge in [-0.3, -0.25) is 4.68 Å². The van der Waals surface area contributed by atoms with E-state index in [9.17, 15) is 5.26 Å². The second-order valence-electron chi connectivity index (χ2n) is 7.46. The van der Waals surface area contributed by atoms with E-state index in [2.05, 4.69) is 27.4 Å². The smallest absolute Gasteiger partial charge is 0.145 e. The molecule has 3 heterocycles. The number of hydrogen-bond donors (Lipinski definition) is 0. The van der Waals surface area contributed by atoms with E-state index in [0.29, 0.717) is 25.7 Å². The molecule has 0 bridgehead atoms. The largest absolute Gasteiger partial charge is 0.360 e. The second-order valence-corrected chi connectivity index (χ2v) is 8.44. The van der Waals surface area contributed by atoms with Crippen molar-refractivity contribution in [2.75, 3.05) is 18.6 Å². The van der Waals surface area contributed by atoms with Gasteiger partial charge in [0.2, 0.25) is 0 Å². The number of nitrogens with zero attached hydrogens (tertiary/aromatic N) is 6. The molecule has 7 nitrogen and oxygen atoms in total. The summed E-state index contributed by atoms with van der Waals surface area (Å²) in [4.78, 5) is 8.99. The lowest BCUT2D eigenvalue weighted by molar-refractivity contribution is 0.0926. The fraction of sp³-hybridized carbons (Fsp3) is 0.524. The summed E-state index contributed by atoms with van der Waals surface area (Å²) >= 11 is 1.77. The van der Waals surface area contributed by atoms with Crippen molar-refractivity contribution in [2.24, 2.45) is 5.92 Å². The van der Waals surface area contributed by atoms with E-state index in [-0.39, 0.29) is 6.04 Å². The van der Waals surface area contributed by atoms with Gasteiger partial charge in [0, 0.05) is 29.1 Å². The van der Waals surface area contributed by atoms with Crippen LogP contribution in [0.15, 0.2) is 31.0 Å². The molecule has 152 valence electrons. The molecule has 0 N–H and O–H groups in total. The molecular weight excluding hydrogens is 384 g/mol. The minimum atomic E-state index is 0.142. The van der Waals surface area contributed by atoms with Crippen LogP contribution >= 0.6 is 11.8 Å². The Morgan fingerprint density at radius 1 is 1.34 bits per heavy atom. The summed E-state index contributed by atoms with van der Waals surface area (Å²) in [5.74, 6) is 1.51. The van der Waals surface area contributed by atoms with Crippen molar-refractivity contribution in [3.05, 3.63) is 31.0 Å². The molecule has 1 fully saturated rings. The first-order chi connectivity index (χ1) is 14.3. The normalized spacial score (nSPS) is 15.7. The summed E-state index contributed by atoms with van der Waals surface area (Å²) in [6.07, 6.45) is 14.9. The van der Waals surface area contributed by atoms with Crippen LogP contribution in [0.4, 0.5) is 0 Å². The Hall–Kier alpha value is -2.37. The van der Waals surface area contributed by atoms with Crippen molar-refractivity contribution in [3.63, 3.8) is 0 Å². The number of ether oxygens (including phenoxy) is 1. The van der Waals surface area contributed by atoms with Gasteiger partial charge in [0.15, 0.2) is 0 Å². The Kier molecular flexibility index (Phi) is 6.47. The summed E-state index contributed by atoms with van der Waals surface area (Å²) in [6, 6.07) is 4.52. The maximum atomic E-state index is 9.30. The third kappa shape index (κ3) is 4.31. The minimum absolute atomic E-state index is 0.142. The molecule has 8 heteroatoms. The van der Waals surface area contributed by atoms with Crippen LogP contribution in [0.3, 0.4) is 0 Å². The first-order valence-electron chi connectivity index (χ1n) is 10.1. The van der Waals surface area contributed by atoms with Crippen molar-refractivity contribution >= 4 is 22.8 Å². The third-order valence-electron chi connectivity index (χ3n) is 5.68. The van der Waals surface area contributed by atoms with Gasteiger partial charge >= 0.3 is 0 Å². The summed E-state index contributed by atoms with van der Waals surface area (Å²) in [7, 11) is 0. The van der Waals surface area contributed by atoms with Crippen LogP contribution in [-0.4, -0.2) is 42.9 Å². The van der Waals surface area contributed by atoms with E-state index < -0.39 is 0 Å². The Labute approximate surface area is 175 Å². The molecule has 3 aromatic heterocycles. The highest BCUT2D eigenvalue weighted by atomic mass is 32.2. The lowest BCUT2D eigenvalue weighted by Gasteiger charge is -2.21. The quantitative estimate of drug-likeness (QED) is 0.490. The number of fused-ring (bicyclic) bond motifs is 1. The van der Waals surface area contributed by atoms with Crippen LogP contribution in [0.2, 0.25) is 0 Å². The van der Waals surface area contributed by atoms with Gasteiger partial charge in [-0.15, -0.1) is 0 Å². The fourth-order valence-electron chi connectivity index (χ4n) is 4.20. The number of hydrogen-bond acceptors (Lipinski definition) is 6. The predicted molar refractivity (Wildman–Crippen MR) is 114 cm³/mol. The summed E-state index contributed by atoms with van der Waals surface area (Å²) < 4.78 is 9.71. The van der Waals surface area contributed by atoms with Crippen LogP contribution in [0.1, 0.15) is 38.1 Å². The van der Waals surface area contributed by atoms with Crippen molar-refractivity contribution in [2.45, 2.75) is 44.9 Å². The fourth-order valence-corrected chi connectivity index (χ4v) is 4.48. The molecule has 1 saturated carbocycles. The molecule has 29 heavy (non-hydrogen) atoms. The number of rotatable bonds is 9. The van der Waals surface area contributed by atoms with Gasteiger partial charge in [-0.25, -0.2) is 9.97 Å². The van der Waals surface area contributed by atoms with Crippen LogP contribution in [0, 0.1) is 17.2 Å². The molecule has 0 saturated heterocycles. The lowest BCUT2D eigenvalue weighted by atomic mass is 9.96. The molecular formula is C21H26N6OS. The molecule has 1 aliphatic rings. The summed E-state index contributed by atoms with van der Waals surface area (Å²) in [5.41, 5.74) is 2.68. The zero-order valence-electron chi connectivity index (χ0n) is 16.7. The van der Waals surface area contributed by atoms with Crippen molar-refractivity contribution < 1.29 is 4.74 Å². The van der Waals surface area contributed by atoms with Gasteiger partial charge in [-0.05, 0) is 31.1 Å². The molecule has 1 aliphatic carbocycles. The van der Waals surface area contributed by atoms with Crippen molar-refractivity contribution in [3.8, 4) is 17.3 Å². The Morgan fingerprint density at radius 3 is 3.00 bits per heavy atom. The number of nitriles is 1. The molecule has 3 aromatic rings. The predicted octanol–water partition coefficient (Wildman–Crippen LogP) is 4.28. The van der Waals surface area contributed by atoms with Gasteiger partial charge in [0.1, 0.15) is 18.7 Å². The van der Waals surface area contributed by atoms with E-state index in [0.717, 1.165) is 28.0 Å². The summed E-state index contributed by atoms with van der Waals surface area (Å²) in [5, 5.41) is 14.9. The van der Waals surface area contributed by atoms with Gasteiger partial charge < -0.3 is 9.30 Å². The Morgan fingerprint density at radius 2 is 2.21 bits per heavy atom. The average molecular weight is 411 g/mol. The van der Waals surface area contributed by atoms with Gasteiger partial charge in [0.25, 0.3) is 0 Å². The topological polar surface area (TPSA) is 81.5 Å². The molecule has 1 atom stereocenters. The molecule has 0 aromatic carbocycles. The van der Waals surface area contributed by atoms with Crippen molar-refractivity contribution in [1.82, 2.24) is 24.3 Å². The maximum absolute atomic E-state index is 9.30. The van der Waals surface area contributed by atoms with E-state index in [4.69, 9.17) is 4.74 Å². The Bertz CT molecular complexity index is 985. The van der Waals surface area contributed by atoms with Crippen molar-refractivity contribution in [1.29, 1.82) is 5.26 Å². The first-order valence-corrected chi connectivity index (χ1v) is 11.5. The van der Waals surface area contributed by atoms with Crippen LogP contribution in [0.25, 0.3) is 22.3 Å². The van der Waals surface area contributed by atoms with Crippen LogP contribution in [-0.2, 0) is 11.5 Å². The zero-order valence-corrected chi connectivity index (χ0v) is 17.5. The average Bonchev–Trinajstić information content (AvgIpc) is 3.50. The maximum Gasteiger partial charge on any atom is 0.145 e. The first kappa shape index (κ1) is 19.9. The monoisotopic (exact) mass is 410 g/mol. The van der Waals surface area contributed by atoms with Gasteiger partial charge in [-0.1, -0.05) is 12.8 Å². The van der Waals surface area contributed by atoms with Crippen LogP contribution in [0.5, 0.6) is 0 Å². The molecule has 0 amide bonds. The molecule has 0 aliphatic heterocycles. The summed E-state index contributed by atoms with van der Waals surface area (Å²) in [6.45, 7) is 1.19. The van der Waals surface area contributed by atoms with E-state index in [1.165, 1.54) is 25.7 Å².